The van der Waals surface area contributed by atoms with Crippen molar-refractivity contribution in [1.82, 2.24) is 4.90 Å². The van der Waals surface area contributed by atoms with Crippen LogP contribution < -0.4 is 0 Å². The van der Waals surface area contributed by atoms with Crippen molar-refractivity contribution in [3.05, 3.63) is 29.3 Å². The molecule has 0 saturated heterocycles. The first-order valence-electron chi connectivity index (χ1n) is 4.03. The van der Waals surface area contributed by atoms with Crippen LogP contribution in [0.4, 0.5) is 0 Å². The fraction of sp³-hybridized carbons (Fsp3) is 0.400. The van der Waals surface area contributed by atoms with Gasteiger partial charge in [-0.3, -0.25) is 0 Å². The van der Waals surface area contributed by atoms with Gasteiger partial charge >= 0.3 is 0 Å². The van der Waals surface area contributed by atoms with Crippen LogP contribution in [0.25, 0.3) is 0 Å². The molecule has 1 N–H and O–H groups in total. The van der Waals surface area contributed by atoms with E-state index in [-0.39, 0.29) is 0 Å². The Kier molecular flexibility index (Phi) is 2.71. The molecule has 0 spiro atoms. The number of aromatic hydroxyl groups is 1. The molecule has 0 aliphatic heterocycles. The number of nitrogens with zero attached hydrogens (tertiary/aromatic N) is 1. The smallest absolute Gasteiger partial charge is 0.120 e. The van der Waals surface area contributed by atoms with E-state index in [1.54, 1.807) is 6.07 Å². The molecule has 2 heteroatoms. The fourth-order valence-electron chi connectivity index (χ4n) is 1.21. The highest BCUT2D eigenvalue weighted by atomic mass is 16.3. The zero-order chi connectivity index (χ0) is 9.14. The summed E-state index contributed by atoms with van der Waals surface area (Å²) >= 11 is 0. The molecule has 1 rings (SSSR count). The standard InChI is InChI=1S/C10H15NO/c1-8-5-4-6-10(12)9(8)7-11(2)3/h4-6,12H,7H2,1-3H3. The number of hydrogen-bond acceptors (Lipinski definition) is 2. The number of phenols is 1. The van der Waals surface area contributed by atoms with Crippen LogP contribution in [-0.2, 0) is 6.54 Å². The summed E-state index contributed by atoms with van der Waals surface area (Å²) in [5.74, 6) is 0.392. The molecular formula is C10H15NO. The molecule has 0 saturated carbocycles. The van der Waals surface area contributed by atoms with E-state index in [0.29, 0.717) is 5.75 Å². The summed E-state index contributed by atoms with van der Waals surface area (Å²) in [5, 5.41) is 9.51. The number of hydrogen-bond donors (Lipinski definition) is 1. The minimum absolute atomic E-state index is 0.392. The van der Waals surface area contributed by atoms with Crippen molar-refractivity contribution in [2.75, 3.05) is 14.1 Å². The average molecular weight is 165 g/mol. The highest BCUT2D eigenvalue weighted by molar-refractivity contribution is 5.38. The molecule has 0 aliphatic rings. The van der Waals surface area contributed by atoms with Gasteiger partial charge in [0.1, 0.15) is 5.75 Å². The number of phenolic OH excluding ortho intramolecular Hbond substituents is 1. The van der Waals surface area contributed by atoms with E-state index in [1.807, 2.05) is 38.1 Å². The van der Waals surface area contributed by atoms with Gasteiger partial charge in [0, 0.05) is 12.1 Å². The SMILES string of the molecule is Cc1cccc(O)c1CN(C)C. The second-order valence-electron chi connectivity index (χ2n) is 3.31. The van der Waals surface area contributed by atoms with Crippen LogP contribution >= 0.6 is 0 Å². The maximum absolute atomic E-state index is 9.51. The molecule has 1 aromatic carbocycles. The molecule has 0 radical (unpaired) electrons. The normalized spacial score (nSPS) is 10.7. The van der Waals surface area contributed by atoms with Crippen LogP contribution in [0.1, 0.15) is 11.1 Å². The largest absolute Gasteiger partial charge is 0.508 e. The molecule has 0 atom stereocenters. The summed E-state index contributed by atoms with van der Waals surface area (Å²) in [7, 11) is 3.98. The second kappa shape index (κ2) is 3.59. The molecular weight excluding hydrogens is 150 g/mol. The number of benzene rings is 1. The minimum atomic E-state index is 0.392. The van der Waals surface area contributed by atoms with E-state index in [0.717, 1.165) is 17.7 Å². The van der Waals surface area contributed by atoms with Crippen molar-refractivity contribution in [3.8, 4) is 5.75 Å². The van der Waals surface area contributed by atoms with Crippen LogP contribution in [0.5, 0.6) is 5.75 Å². The molecule has 0 fully saturated rings. The molecule has 0 aliphatic carbocycles. The molecule has 12 heavy (non-hydrogen) atoms. The van der Waals surface area contributed by atoms with E-state index in [4.69, 9.17) is 0 Å². The van der Waals surface area contributed by atoms with Crippen LogP contribution in [0, 0.1) is 6.92 Å². The summed E-state index contributed by atoms with van der Waals surface area (Å²) in [6.45, 7) is 2.80. The molecule has 0 amide bonds. The van der Waals surface area contributed by atoms with Crippen molar-refractivity contribution in [1.29, 1.82) is 0 Å². The van der Waals surface area contributed by atoms with Crippen LogP contribution in [0.2, 0.25) is 0 Å². The van der Waals surface area contributed by atoms with E-state index in [2.05, 4.69) is 0 Å². The highest BCUT2D eigenvalue weighted by Gasteiger charge is 2.04. The molecule has 0 bridgehead atoms. The Morgan fingerprint density at radius 1 is 1.33 bits per heavy atom. The van der Waals surface area contributed by atoms with Gasteiger partial charge in [-0.1, -0.05) is 12.1 Å². The van der Waals surface area contributed by atoms with Crippen LogP contribution in [0.3, 0.4) is 0 Å². The zero-order valence-electron chi connectivity index (χ0n) is 7.83. The first-order chi connectivity index (χ1) is 5.61. The predicted molar refractivity (Wildman–Crippen MR) is 50.2 cm³/mol. The Labute approximate surface area is 73.4 Å². The molecule has 0 aromatic heterocycles. The van der Waals surface area contributed by atoms with Crippen molar-refractivity contribution >= 4 is 0 Å². The van der Waals surface area contributed by atoms with Gasteiger partial charge in [-0.05, 0) is 32.6 Å². The Morgan fingerprint density at radius 2 is 2.00 bits per heavy atom. The Bertz CT molecular complexity index is 248. The monoisotopic (exact) mass is 165 g/mol. The summed E-state index contributed by atoms with van der Waals surface area (Å²) in [5.41, 5.74) is 2.16. The quantitative estimate of drug-likeness (QED) is 0.721. The maximum atomic E-state index is 9.51. The van der Waals surface area contributed by atoms with Crippen molar-refractivity contribution in [3.63, 3.8) is 0 Å². The van der Waals surface area contributed by atoms with E-state index in [1.165, 1.54) is 0 Å². The van der Waals surface area contributed by atoms with Gasteiger partial charge in [0.25, 0.3) is 0 Å². The predicted octanol–water partition coefficient (Wildman–Crippen LogP) is 1.76. The molecule has 66 valence electrons. The fourth-order valence-corrected chi connectivity index (χ4v) is 1.21. The zero-order valence-corrected chi connectivity index (χ0v) is 7.83. The van der Waals surface area contributed by atoms with Crippen LogP contribution in [-0.4, -0.2) is 24.1 Å². The Hall–Kier alpha value is -1.02. The average Bonchev–Trinajstić information content (AvgIpc) is 1.97. The van der Waals surface area contributed by atoms with Gasteiger partial charge in [-0.2, -0.15) is 0 Å². The maximum Gasteiger partial charge on any atom is 0.120 e. The highest BCUT2D eigenvalue weighted by Crippen LogP contribution is 2.20. The molecule has 2 nitrogen and oxygen atoms in total. The number of rotatable bonds is 2. The Morgan fingerprint density at radius 3 is 2.50 bits per heavy atom. The summed E-state index contributed by atoms with van der Waals surface area (Å²) in [6.07, 6.45) is 0. The van der Waals surface area contributed by atoms with Crippen molar-refractivity contribution < 1.29 is 5.11 Å². The topological polar surface area (TPSA) is 23.5 Å². The third-order valence-electron chi connectivity index (χ3n) is 1.86. The Balaban J connectivity index is 2.96. The minimum Gasteiger partial charge on any atom is -0.508 e. The van der Waals surface area contributed by atoms with Crippen LogP contribution in [0.15, 0.2) is 18.2 Å². The summed E-state index contributed by atoms with van der Waals surface area (Å²) < 4.78 is 0. The molecule has 0 heterocycles. The molecule has 0 unspecified atom stereocenters. The lowest BCUT2D eigenvalue weighted by molar-refractivity contribution is 0.384. The third-order valence-corrected chi connectivity index (χ3v) is 1.86. The lowest BCUT2D eigenvalue weighted by Gasteiger charge is -2.13. The molecule has 1 aromatic rings. The number of aryl methyl sites for hydroxylation is 1. The van der Waals surface area contributed by atoms with Gasteiger partial charge in [0.05, 0.1) is 0 Å². The second-order valence-corrected chi connectivity index (χ2v) is 3.31. The van der Waals surface area contributed by atoms with Crippen molar-refractivity contribution in [2.45, 2.75) is 13.5 Å². The van der Waals surface area contributed by atoms with Gasteiger partial charge in [-0.25, -0.2) is 0 Å². The van der Waals surface area contributed by atoms with Gasteiger partial charge in [-0.15, -0.1) is 0 Å². The van der Waals surface area contributed by atoms with Crippen molar-refractivity contribution in [2.24, 2.45) is 0 Å². The first-order valence-corrected chi connectivity index (χ1v) is 4.03. The van der Waals surface area contributed by atoms with Gasteiger partial charge in [0.15, 0.2) is 0 Å². The van der Waals surface area contributed by atoms with E-state index in [9.17, 15) is 5.11 Å². The van der Waals surface area contributed by atoms with E-state index >= 15 is 0 Å². The van der Waals surface area contributed by atoms with Gasteiger partial charge < -0.3 is 10.0 Å². The first kappa shape index (κ1) is 9.07. The van der Waals surface area contributed by atoms with E-state index < -0.39 is 0 Å². The summed E-state index contributed by atoms with van der Waals surface area (Å²) in [4.78, 5) is 2.04. The lowest BCUT2D eigenvalue weighted by Crippen LogP contribution is -2.11. The van der Waals surface area contributed by atoms with Gasteiger partial charge in [0.2, 0.25) is 0 Å². The third kappa shape index (κ3) is 1.98. The summed E-state index contributed by atoms with van der Waals surface area (Å²) in [6, 6.07) is 5.61. The lowest BCUT2D eigenvalue weighted by atomic mass is 10.1.